The number of aryl methyl sites for hydroxylation is 1. The molecule has 1 unspecified atom stereocenters. The predicted molar refractivity (Wildman–Crippen MR) is 129 cm³/mol. The van der Waals surface area contributed by atoms with Crippen molar-refractivity contribution in [2.45, 2.75) is 37.6 Å². The molecule has 170 valence electrons. The summed E-state index contributed by atoms with van der Waals surface area (Å²) >= 11 is 11.9. The monoisotopic (exact) mass is 475 g/mol. The number of ether oxygens (including phenoxy) is 1. The van der Waals surface area contributed by atoms with Gasteiger partial charge in [0, 0.05) is 13.7 Å². The Hall–Kier alpha value is -2.41. The number of methoxy groups -OCH3 is 1. The quantitative estimate of drug-likeness (QED) is 0.421. The van der Waals surface area contributed by atoms with Crippen molar-refractivity contribution in [1.82, 2.24) is 14.5 Å². The third kappa shape index (κ3) is 4.98. The van der Waals surface area contributed by atoms with Crippen LogP contribution < -0.4 is 5.56 Å². The van der Waals surface area contributed by atoms with E-state index in [1.807, 2.05) is 43.3 Å². The number of nitrogens with zero attached hydrogens (tertiary/aromatic N) is 3. The lowest BCUT2D eigenvalue weighted by atomic mass is 10.1. The number of amides is 1. The summed E-state index contributed by atoms with van der Waals surface area (Å²) in [5, 5.41) is 0.507. The van der Waals surface area contributed by atoms with Crippen LogP contribution in [0.5, 0.6) is 0 Å². The van der Waals surface area contributed by atoms with E-state index in [1.54, 1.807) is 28.7 Å². The average molecular weight is 476 g/mol. The van der Waals surface area contributed by atoms with Gasteiger partial charge in [0.25, 0.3) is 11.5 Å². The fraction of sp³-hybridized carbons (Fsp3) is 0.375. The molecule has 0 aliphatic carbocycles. The summed E-state index contributed by atoms with van der Waals surface area (Å²) in [6.45, 7) is 4.57. The van der Waals surface area contributed by atoms with E-state index in [-0.39, 0.29) is 12.1 Å². The number of carbonyl (C=O) groups excluding carboxylic acids is 1. The molecule has 1 heterocycles. The molecule has 3 rings (SSSR count). The molecule has 0 radical (unpaired) electrons. The zero-order valence-corrected chi connectivity index (χ0v) is 19.9. The highest BCUT2D eigenvalue weighted by Crippen LogP contribution is 2.27. The van der Waals surface area contributed by atoms with E-state index in [9.17, 15) is 9.59 Å². The van der Waals surface area contributed by atoms with Gasteiger partial charge in [-0.15, -0.1) is 0 Å². The Labute approximate surface area is 197 Å². The number of para-hydroxylation sites is 1. The molecule has 0 saturated heterocycles. The maximum absolute atomic E-state index is 13.6. The number of alkyl halides is 2. The molecule has 32 heavy (non-hydrogen) atoms. The van der Waals surface area contributed by atoms with E-state index in [4.69, 9.17) is 32.9 Å². The number of halogens is 2. The maximum Gasteiger partial charge on any atom is 0.266 e. The lowest BCUT2D eigenvalue weighted by Gasteiger charge is -2.32. The third-order valence-corrected chi connectivity index (χ3v) is 5.84. The molecule has 0 bridgehead atoms. The molecule has 0 spiro atoms. The molecule has 0 N–H and O–H groups in total. The summed E-state index contributed by atoms with van der Waals surface area (Å²) in [4.78, 5) is 31.7. The van der Waals surface area contributed by atoms with Crippen molar-refractivity contribution in [3.63, 3.8) is 0 Å². The van der Waals surface area contributed by atoms with Crippen LogP contribution in [0.25, 0.3) is 16.6 Å². The first-order chi connectivity index (χ1) is 15.4. The molecule has 0 saturated carbocycles. The average Bonchev–Trinajstić information content (AvgIpc) is 2.81. The number of carbonyl (C=O) groups is 1. The van der Waals surface area contributed by atoms with Crippen molar-refractivity contribution in [1.29, 1.82) is 0 Å². The first-order valence-corrected chi connectivity index (χ1v) is 11.5. The molecule has 1 aromatic heterocycles. The lowest BCUT2D eigenvalue weighted by Crippen LogP contribution is -2.42. The summed E-state index contributed by atoms with van der Waals surface area (Å²) in [5.74, 6) is 0.00593. The molecule has 8 heteroatoms. The Balaban J connectivity index is 2.27. The van der Waals surface area contributed by atoms with Gasteiger partial charge in [-0.1, -0.05) is 61.3 Å². The molecular formula is C24H27Cl2N3O3. The van der Waals surface area contributed by atoms with Crippen molar-refractivity contribution < 1.29 is 9.53 Å². The number of rotatable bonds is 9. The minimum atomic E-state index is -1.23. The van der Waals surface area contributed by atoms with Crippen molar-refractivity contribution in [2.24, 2.45) is 0 Å². The number of hydrogen-bond donors (Lipinski definition) is 0. The number of hydrogen-bond acceptors (Lipinski definition) is 4. The minimum absolute atomic E-state index is 0.194. The van der Waals surface area contributed by atoms with Crippen LogP contribution in [0.1, 0.15) is 37.7 Å². The van der Waals surface area contributed by atoms with Gasteiger partial charge in [-0.25, -0.2) is 4.98 Å². The van der Waals surface area contributed by atoms with E-state index in [0.29, 0.717) is 35.4 Å². The molecule has 0 aliphatic heterocycles. The first kappa shape index (κ1) is 24.2. The van der Waals surface area contributed by atoms with Gasteiger partial charge >= 0.3 is 0 Å². The molecule has 6 nitrogen and oxygen atoms in total. The highest BCUT2D eigenvalue weighted by atomic mass is 35.5. The first-order valence-electron chi connectivity index (χ1n) is 10.6. The van der Waals surface area contributed by atoms with Gasteiger partial charge in [0.2, 0.25) is 0 Å². The van der Waals surface area contributed by atoms with E-state index in [1.165, 1.54) is 0 Å². The Bertz CT molecular complexity index is 1130. The standard InChI is InChI=1S/C24H27Cl2N3O3/c1-4-16-10-12-17(13-11-16)29-22(27-19-9-7-6-8-18(19)23(29)30)20(5-2)28(14-15-32-3)24(31)21(25)26/h6-13,20-21H,4-5,14-15H2,1-3H3. The second-order valence-corrected chi connectivity index (χ2v) is 8.49. The third-order valence-electron chi connectivity index (χ3n) is 5.47. The van der Waals surface area contributed by atoms with Crippen LogP contribution in [-0.2, 0) is 16.0 Å². The van der Waals surface area contributed by atoms with E-state index in [0.717, 1.165) is 12.0 Å². The Kier molecular flexibility index (Phi) is 8.29. The van der Waals surface area contributed by atoms with Crippen LogP contribution in [0.2, 0.25) is 0 Å². The number of benzene rings is 2. The van der Waals surface area contributed by atoms with Gasteiger partial charge in [0.1, 0.15) is 5.82 Å². The van der Waals surface area contributed by atoms with Gasteiger partial charge in [0.05, 0.1) is 29.2 Å². The highest BCUT2D eigenvalue weighted by Gasteiger charge is 2.31. The van der Waals surface area contributed by atoms with Crippen molar-refractivity contribution in [2.75, 3.05) is 20.3 Å². The van der Waals surface area contributed by atoms with Crippen LogP contribution >= 0.6 is 23.2 Å². The van der Waals surface area contributed by atoms with Gasteiger partial charge in [-0.05, 0) is 42.7 Å². The fourth-order valence-corrected chi connectivity index (χ4v) is 4.03. The molecule has 3 aromatic rings. The SMILES string of the molecule is CCc1ccc(-n2c(C(CC)N(CCOC)C(=O)C(Cl)Cl)nc3ccccc3c2=O)cc1. The molecule has 2 aromatic carbocycles. The van der Waals surface area contributed by atoms with Crippen LogP contribution in [0.3, 0.4) is 0 Å². The minimum Gasteiger partial charge on any atom is -0.383 e. The van der Waals surface area contributed by atoms with Gasteiger partial charge in [-0.2, -0.15) is 0 Å². The number of fused-ring (bicyclic) bond motifs is 1. The fourth-order valence-electron chi connectivity index (χ4n) is 3.78. The maximum atomic E-state index is 13.6. The summed E-state index contributed by atoms with van der Waals surface area (Å²) in [7, 11) is 1.56. The van der Waals surface area contributed by atoms with Crippen molar-refractivity contribution in [3.05, 3.63) is 70.3 Å². The zero-order chi connectivity index (χ0) is 23.3. The normalized spacial score (nSPS) is 12.3. The van der Waals surface area contributed by atoms with E-state index in [2.05, 4.69) is 6.92 Å². The van der Waals surface area contributed by atoms with Gasteiger partial charge in [-0.3, -0.25) is 14.2 Å². The number of aromatic nitrogens is 2. The van der Waals surface area contributed by atoms with Crippen LogP contribution in [-0.4, -0.2) is 45.5 Å². The highest BCUT2D eigenvalue weighted by molar-refractivity contribution is 6.53. The smallest absolute Gasteiger partial charge is 0.266 e. The van der Waals surface area contributed by atoms with E-state index >= 15 is 0 Å². The van der Waals surface area contributed by atoms with Crippen LogP contribution in [0.15, 0.2) is 53.3 Å². The summed E-state index contributed by atoms with van der Waals surface area (Å²) in [5.41, 5.74) is 2.22. The van der Waals surface area contributed by atoms with Crippen molar-refractivity contribution >= 4 is 40.0 Å². The lowest BCUT2D eigenvalue weighted by molar-refractivity contribution is -0.132. The largest absolute Gasteiger partial charge is 0.383 e. The molecular weight excluding hydrogens is 449 g/mol. The summed E-state index contributed by atoms with van der Waals surface area (Å²) in [6, 6.07) is 14.5. The Morgan fingerprint density at radius 3 is 2.41 bits per heavy atom. The second-order valence-electron chi connectivity index (χ2n) is 7.40. The van der Waals surface area contributed by atoms with Gasteiger partial charge < -0.3 is 9.64 Å². The Morgan fingerprint density at radius 1 is 1.12 bits per heavy atom. The predicted octanol–water partition coefficient (Wildman–Crippen LogP) is 4.68. The van der Waals surface area contributed by atoms with Crippen molar-refractivity contribution in [3.8, 4) is 5.69 Å². The summed E-state index contributed by atoms with van der Waals surface area (Å²) in [6.07, 6.45) is 1.40. The van der Waals surface area contributed by atoms with E-state index < -0.39 is 16.8 Å². The Morgan fingerprint density at radius 2 is 1.81 bits per heavy atom. The summed E-state index contributed by atoms with van der Waals surface area (Å²) < 4.78 is 6.78. The second kappa shape index (κ2) is 10.9. The van der Waals surface area contributed by atoms with Crippen LogP contribution in [0.4, 0.5) is 0 Å². The molecule has 0 fully saturated rings. The van der Waals surface area contributed by atoms with Crippen LogP contribution in [0, 0.1) is 0 Å². The topological polar surface area (TPSA) is 64.4 Å². The van der Waals surface area contributed by atoms with Gasteiger partial charge in [0.15, 0.2) is 4.84 Å². The molecule has 1 amide bonds. The molecule has 1 atom stereocenters. The molecule has 0 aliphatic rings. The zero-order valence-electron chi connectivity index (χ0n) is 18.4.